The predicted octanol–water partition coefficient (Wildman–Crippen LogP) is 1.81. The highest BCUT2D eigenvalue weighted by atomic mass is 32.2. The van der Waals surface area contributed by atoms with Crippen molar-refractivity contribution < 1.29 is 13.2 Å². The Morgan fingerprint density at radius 2 is 1.86 bits per heavy atom. The molecular formula is C20H23N5O3S. The van der Waals surface area contributed by atoms with Gasteiger partial charge in [-0.15, -0.1) is 0 Å². The molecule has 0 atom stereocenters. The van der Waals surface area contributed by atoms with Gasteiger partial charge in [-0.25, -0.2) is 12.7 Å². The Balaban J connectivity index is 1.48. The molecule has 8 nitrogen and oxygen atoms in total. The molecule has 1 fully saturated rings. The molecule has 1 aliphatic rings. The van der Waals surface area contributed by atoms with Gasteiger partial charge in [0.2, 0.25) is 10.0 Å². The number of aromatic nitrogens is 4. The van der Waals surface area contributed by atoms with Gasteiger partial charge in [-0.3, -0.25) is 19.4 Å². The van der Waals surface area contributed by atoms with Crippen LogP contribution in [0.1, 0.15) is 18.5 Å². The number of nitrogens with zero attached hydrogens (tertiary/aromatic N) is 5. The smallest absolute Gasteiger partial charge is 0.211 e. The van der Waals surface area contributed by atoms with Crippen LogP contribution in [-0.2, 0) is 28.3 Å². The molecule has 3 aromatic heterocycles. The summed E-state index contributed by atoms with van der Waals surface area (Å²) in [7, 11) is -1.32. The lowest BCUT2D eigenvalue weighted by molar-refractivity contribution is -0.123. The van der Waals surface area contributed by atoms with Crippen molar-refractivity contribution >= 4 is 26.7 Å². The molecule has 29 heavy (non-hydrogen) atoms. The number of hydrogen-bond acceptors (Lipinski definition) is 6. The van der Waals surface area contributed by atoms with Gasteiger partial charge in [0.15, 0.2) is 0 Å². The Bertz CT molecular complexity index is 1160. The summed E-state index contributed by atoms with van der Waals surface area (Å²) < 4.78 is 26.4. The first-order valence-corrected chi connectivity index (χ1v) is 11.4. The second kappa shape index (κ2) is 7.64. The molecule has 9 heteroatoms. The number of pyridine rings is 2. The lowest BCUT2D eigenvalue weighted by Crippen LogP contribution is -2.39. The zero-order valence-electron chi connectivity index (χ0n) is 16.4. The Kier molecular flexibility index (Phi) is 5.18. The number of fused-ring (bicyclic) bond motifs is 1. The van der Waals surface area contributed by atoms with E-state index < -0.39 is 10.0 Å². The van der Waals surface area contributed by atoms with Gasteiger partial charge < -0.3 is 0 Å². The van der Waals surface area contributed by atoms with Crippen LogP contribution in [0.4, 0.5) is 0 Å². The highest BCUT2D eigenvalue weighted by Gasteiger charge is 2.28. The largest absolute Gasteiger partial charge is 0.299 e. The van der Waals surface area contributed by atoms with Gasteiger partial charge in [0.25, 0.3) is 0 Å². The summed E-state index contributed by atoms with van der Waals surface area (Å²) >= 11 is 0. The molecule has 0 radical (unpaired) electrons. The molecule has 0 amide bonds. The normalized spacial score (nSPS) is 16.3. The minimum atomic E-state index is -3.19. The van der Waals surface area contributed by atoms with Crippen LogP contribution < -0.4 is 0 Å². The highest BCUT2D eigenvalue weighted by molar-refractivity contribution is 7.88. The molecule has 0 N–H and O–H groups in total. The molecule has 0 bridgehead atoms. The lowest BCUT2D eigenvalue weighted by Gasteiger charge is -2.29. The molecule has 152 valence electrons. The van der Waals surface area contributed by atoms with E-state index in [-0.39, 0.29) is 18.1 Å². The van der Waals surface area contributed by atoms with E-state index in [0.29, 0.717) is 31.6 Å². The summed E-state index contributed by atoms with van der Waals surface area (Å²) in [6.07, 6.45) is 9.78. The molecule has 3 aromatic rings. The van der Waals surface area contributed by atoms with Crippen molar-refractivity contribution in [2.24, 2.45) is 13.0 Å². The second-order valence-electron chi connectivity index (χ2n) is 7.57. The second-order valence-corrected chi connectivity index (χ2v) is 9.56. The Hall–Kier alpha value is -2.65. The molecule has 0 aliphatic carbocycles. The van der Waals surface area contributed by atoms with E-state index in [1.54, 1.807) is 23.3 Å². The minimum absolute atomic E-state index is 0.112. The molecule has 0 saturated carbocycles. The first-order valence-electron chi connectivity index (χ1n) is 9.51. The first kappa shape index (κ1) is 19.7. The fourth-order valence-electron chi connectivity index (χ4n) is 3.73. The SMILES string of the molecule is Cn1cc(-c2cnc3cnc(CC(=O)C4CCN(S(C)(=O)=O)CC4)cc3c2)cn1. The van der Waals surface area contributed by atoms with E-state index in [9.17, 15) is 13.2 Å². The predicted molar refractivity (Wildman–Crippen MR) is 110 cm³/mol. The van der Waals surface area contributed by atoms with Crippen LogP contribution >= 0.6 is 0 Å². The Morgan fingerprint density at radius 1 is 1.10 bits per heavy atom. The van der Waals surface area contributed by atoms with Gasteiger partial charge in [-0.05, 0) is 25.0 Å². The van der Waals surface area contributed by atoms with Crippen LogP contribution in [-0.4, -0.2) is 57.6 Å². The van der Waals surface area contributed by atoms with Gasteiger partial charge in [0.1, 0.15) is 5.78 Å². The summed E-state index contributed by atoms with van der Waals surface area (Å²) in [5.74, 6) is -0.00766. The maximum atomic E-state index is 12.7. The van der Waals surface area contributed by atoms with Crippen molar-refractivity contribution in [2.45, 2.75) is 19.3 Å². The Labute approximate surface area is 169 Å². The van der Waals surface area contributed by atoms with Crippen LogP contribution in [0.3, 0.4) is 0 Å². The summed E-state index contributed by atoms with van der Waals surface area (Å²) in [6.45, 7) is 0.803. The molecule has 4 heterocycles. The van der Waals surface area contributed by atoms with E-state index >= 15 is 0 Å². The third kappa shape index (κ3) is 4.35. The van der Waals surface area contributed by atoms with E-state index in [2.05, 4.69) is 15.1 Å². The molecular weight excluding hydrogens is 390 g/mol. The van der Waals surface area contributed by atoms with Crippen molar-refractivity contribution in [3.63, 3.8) is 0 Å². The van der Waals surface area contributed by atoms with Crippen LogP contribution in [0.15, 0.2) is 36.9 Å². The summed E-state index contributed by atoms with van der Waals surface area (Å²) in [6, 6.07) is 3.94. The van der Waals surface area contributed by atoms with Crippen LogP contribution in [0.25, 0.3) is 22.0 Å². The third-order valence-corrected chi connectivity index (χ3v) is 6.70. The maximum Gasteiger partial charge on any atom is 0.211 e. The standard InChI is InChI=1S/C20H23N5O3S/c1-24-13-17(11-23-24)16-7-15-8-18(21-12-19(15)22-10-16)9-20(26)14-3-5-25(6-4-14)29(2,27)28/h7-8,10-14H,3-6,9H2,1-2H3. The number of hydrogen-bond donors (Lipinski definition) is 0. The monoisotopic (exact) mass is 413 g/mol. The number of sulfonamides is 1. The van der Waals surface area contributed by atoms with Crippen LogP contribution in [0.2, 0.25) is 0 Å². The fraction of sp³-hybridized carbons (Fsp3) is 0.400. The van der Waals surface area contributed by atoms with Crippen molar-refractivity contribution in [1.29, 1.82) is 0 Å². The lowest BCUT2D eigenvalue weighted by atomic mass is 9.91. The van der Waals surface area contributed by atoms with Gasteiger partial charge in [0, 0.05) is 67.1 Å². The van der Waals surface area contributed by atoms with Crippen molar-refractivity contribution in [3.8, 4) is 11.1 Å². The quantitative estimate of drug-likeness (QED) is 0.633. The van der Waals surface area contributed by atoms with E-state index in [1.165, 1.54) is 10.6 Å². The third-order valence-electron chi connectivity index (χ3n) is 5.40. The molecule has 4 rings (SSSR count). The Morgan fingerprint density at radius 3 is 2.52 bits per heavy atom. The average molecular weight is 414 g/mol. The van der Waals surface area contributed by atoms with Crippen LogP contribution in [0, 0.1) is 5.92 Å². The molecule has 0 spiro atoms. The van der Waals surface area contributed by atoms with E-state index in [4.69, 9.17) is 0 Å². The zero-order valence-corrected chi connectivity index (χ0v) is 17.3. The molecule has 1 aliphatic heterocycles. The summed E-state index contributed by atoms with van der Waals surface area (Å²) in [5, 5.41) is 5.12. The topological polar surface area (TPSA) is 98.0 Å². The van der Waals surface area contributed by atoms with Crippen molar-refractivity contribution in [1.82, 2.24) is 24.1 Å². The maximum absolute atomic E-state index is 12.7. The molecule has 0 aromatic carbocycles. The van der Waals surface area contributed by atoms with Crippen molar-refractivity contribution in [2.75, 3.05) is 19.3 Å². The number of carbonyl (C=O) groups is 1. The van der Waals surface area contributed by atoms with E-state index in [1.807, 2.05) is 25.4 Å². The van der Waals surface area contributed by atoms with Crippen LogP contribution in [0.5, 0.6) is 0 Å². The number of rotatable bonds is 5. The van der Waals surface area contributed by atoms with E-state index in [0.717, 1.165) is 22.0 Å². The molecule has 1 saturated heterocycles. The number of ketones is 1. The first-order chi connectivity index (χ1) is 13.8. The minimum Gasteiger partial charge on any atom is -0.299 e. The zero-order chi connectivity index (χ0) is 20.6. The van der Waals surface area contributed by atoms with Gasteiger partial charge >= 0.3 is 0 Å². The average Bonchev–Trinajstić information content (AvgIpc) is 3.13. The van der Waals surface area contributed by atoms with Gasteiger partial charge in [-0.1, -0.05) is 0 Å². The highest BCUT2D eigenvalue weighted by Crippen LogP contribution is 2.24. The summed E-state index contributed by atoms with van der Waals surface area (Å²) in [5.41, 5.74) is 3.42. The van der Waals surface area contributed by atoms with Gasteiger partial charge in [-0.2, -0.15) is 5.10 Å². The summed E-state index contributed by atoms with van der Waals surface area (Å²) in [4.78, 5) is 21.6. The number of Topliss-reactive ketones (excluding diaryl/α,β-unsaturated/α-hetero) is 1. The number of piperidine rings is 1. The molecule has 0 unspecified atom stereocenters. The number of carbonyl (C=O) groups excluding carboxylic acids is 1. The van der Waals surface area contributed by atoms with Gasteiger partial charge in [0.05, 0.1) is 24.2 Å². The fourth-order valence-corrected chi connectivity index (χ4v) is 4.61. The van der Waals surface area contributed by atoms with Crippen molar-refractivity contribution in [3.05, 3.63) is 42.6 Å². The number of aryl methyl sites for hydroxylation is 1.